The Bertz CT molecular complexity index is 1310. The number of nitrogens with two attached hydrogens (primary N) is 1. The highest BCUT2D eigenvalue weighted by molar-refractivity contribution is 6.05. The van der Waals surface area contributed by atoms with Crippen LogP contribution in [0.3, 0.4) is 0 Å². The summed E-state index contributed by atoms with van der Waals surface area (Å²) in [6, 6.07) is 15.9. The molecule has 2 N–H and O–H groups in total. The Morgan fingerprint density at radius 2 is 2.03 bits per heavy atom. The molecule has 6 heteroatoms. The Balaban J connectivity index is 1.42. The first-order chi connectivity index (χ1) is 15.6. The molecule has 5 rings (SSSR count). The van der Waals surface area contributed by atoms with Crippen LogP contribution in [0.25, 0.3) is 21.8 Å². The number of nitrogens with zero attached hydrogens (tertiary/aromatic N) is 3. The number of benzene rings is 2. The number of methoxy groups -OCH3 is 1. The van der Waals surface area contributed by atoms with Crippen molar-refractivity contribution in [2.45, 2.75) is 32.4 Å². The average Bonchev–Trinajstić information content (AvgIpc) is 3.42. The standard InChI is InChI=1S/C26H28N4O2/c1-3-30-16-18(21-12-19(32-2)8-9-25(21)30)15-29-11-10-17(14-29)24-13-22(26(27)31)20-6-4-5-7-23(20)28-24/h4-9,12-13,16-17H,3,10-11,14-15H2,1-2H3,(H2,27,31). The quantitative estimate of drug-likeness (QED) is 0.497. The molecule has 1 fully saturated rings. The number of hydrogen-bond acceptors (Lipinski definition) is 4. The van der Waals surface area contributed by atoms with E-state index in [1.165, 1.54) is 16.5 Å². The molecule has 0 saturated carbocycles. The fraction of sp³-hybridized carbons (Fsp3) is 0.308. The van der Waals surface area contributed by atoms with Gasteiger partial charge < -0.3 is 15.0 Å². The second-order valence-corrected chi connectivity index (χ2v) is 8.52. The molecule has 32 heavy (non-hydrogen) atoms. The molecule has 0 bridgehead atoms. The minimum atomic E-state index is -0.402. The highest BCUT2D eigenvalue weighted by Gasteiger charge is 2.27. The normalized spacial score (nSPS) is 16.8. The number of amides is 1. The highest BCUT2D eigenvalue weighted by Crippen LogP contribution is 2.32. The van der Waals surface area contributed by atoms with E-state index in [0.29, 0.717) is 5.56 Å². The first kappa shape index (κ1) is 20.5. The van der Waals surface area contributed by atoms with Crippen LogP contribution in [0.2, 0.25) is 0 Å². The van der Waals surface area contributed by atoms with Crippen molar-refractivity contribution in [3.8, 4) is 5.75 Å². The summed E-state index contributed by atoms with van der Waals surface area (Å²) < 4.78 is 7.76. The van der Waals surface area contributed by atoms with Crippen molar-refractivity contribution in [2.24, 2.45) is 5.73 Å². The summed E-state index contributed by atoms with van der Waals surface area (Å²) >= 11 is 0. The van der Waals surface area contributed by atoms with Crippen molar-refractivity contribution in [3.63, 3.8) is 0 Å². The number of fused-ring (bicyclic) bond motifs is 2. The lowest BCUT2D eigenvalue weighted by atomic mass is 9.99. The third kappa shape index (κ3) is 3.60. The molecule has 3 heterocycles. The van der Waals surface area contributed by atoms with Gasteiger partial charge in [0.1, 0.15) is 5.75 Å². The van der Waals surface area contributed by atoms with Crippen LogP contribution >= 0.6 is 0 Å². The van der Waals surface area contributed by atoms with Crippen molar-refractivity contribution >= 4 is 27.7 Å². The van der Waals surface area contributed by atoms with Gasteiger partial charge >= 0.3 is 0 Å². The molecule has 0 spiro atoms. The van der Waals surface area contributed by atoms with Crippen LogP contribution in [-0.2, 0) is 13.1 Å². The Hall–Kier alpha value is -3.38. The number of rotatable bonds is 6. The van der Waals surface area contributed by atoms with Crippen molar-refractivity contribution in [1.82, 2.24) is 14.5 Å². The smallest absolute Gasteiger partial charge is 0.249 e. The molecule has 2 aromatic heterocycles. The maximum Gasteiger partial charge on any atom is 0.249 e. The molecule has 1 unspecified atom stereocenters. The van der Waals surface area contributed by atoms with E-state index in [1.807, 2.05) is 36.4 Å². The molecule has 0 aliphatic carbocycles. The van der Waals surface area contributed by atoms with Gasteiger partial charge in [-0.25, -0.2) is 0 Å². The Kier molecular flexibility index (Phi) is 5.31. The summed E-state index contributed by atoms with van der Waals surface area (Å²) in [7, 11) is 1.71. The van der Waals surface area contributed by atoms with E-state index < -0.39 is 5.91 Å². The predicted molar refractivity (Wildman–Crippen MR) is 127 cm³/mol. The maximum absolute atomic E-state index is 12.1. The van der Waals surface area contributed by atoms with Gasteiger partial charge in [-0.3, -0.25) is 14.7 Å². The van der Waals surface area contributed by atoms with E-state index in [9.17, 15) is 4.79 Å². The van der Waals surface area contributed by atoms with E-state index in [0.717, 1.165) is 54.9 Å². The van der Waals surface area contributed by atoms with Gasteiger partial charge in [0.15, 0.2) is 0 Å². The molecule has 164 valence electrons. The largest absolute Gasteiger partial charge is 0.497 e. The summed E-state index contributed by atoms with van der Waals surface area (Å²) in [4.78, 5) is 19.4. The number of para-hydroxylation sites is 1. The van der Waals surface area contributed by atoms with E-state index in [2.05, 4.69) is 34.7 Å². The van der Waals surface area contributed by atoms with Crippen LogP contribution in [0.15, 0.2) is 54.7 Å². The van der Waals surface area contributed by atoms with Gasteiger partial charge in [0.25, 0.3) is 0 Å². The molecular formula is C26H28N4O2. The Labute approximate surface area is 187 Å². The number of likely N-dealkylation sites (tertiary alicyclic amines) is 1. The van der Waals surface area contributed by atoms with E-state index in [4.69, 9.17) is 15.5 Å². The second-order valence-electron chi connectivity index (χ2n) is 8.52. The topological polar surface area (TPSA) is 73.4 Å². The monoisotopic (exact) mass is 428 g/mol. The number of ether oxygens (including phenoxy) is 1. The number of aromatic nitrogens is 2. The molecule has 1 saturated heterocycles. The summed E-state index contributed by atoms with van der Waals surface area (Å²) in [6.07, 6.45) is 3.27. The van der Waals surface area contributed by atoms with Crippen molar-refractivity contribution in [3.05, 3.63) is 71.5 Å². The Morgan fingerprint density at radius 1 is 1.19 bits per heavy atom. The van der Waals surface area contributed by atoms with E-state index in [1.54, 1.807) is 7.11 Å². The first-order valence-electron chi connectivity index (χ1n) is 11.1. The van der Waals surface area contributed by atoms with Crippen molar-refractivity contribution < 1.29 is 9.53 Å². The minimum absolute atomic E-state index is 0.284. The fourth-order valence-electron chi connectivity index (χ4n) is 4.93. The molecule has 0 radical (unpaired) electrons. The average molecular weight is 429 g/mol. The third-order valence-corrected chi connectivity index (χ3v) is 6.60. The zero-order valence-electron chi connectivity index (χ0n) is 18.5. The molecule has 4 aromatic rings. The first-order valence-corrected chi connectivity index (χ1v) is 11.1. The van der Waals surface area contributed by atoms with Gasteiger partial charge in [-0.2, -0.15) is 0 Å². The molecule has 1 amide bonds. The highest BCUT2D eigenvalue weighted by atomic mass is 16.5. The van der Waals surface area contributed by atoms with Crippen LogP contribution in [0.5, 0.6) is 5.75 Å². The van der Waals surface area contributed by atoms with E-state index >= 15 is 0 Å². The third-order valence-electron chi connectivity index (χ3n) is 6.60. The summed E-state index contributed by atoms with van der Waals surface area (Å²) in [5, 5.41) is 2.06. The van der Waals surface area contributed by atoms with Crippen LogP contribution < -0.4 is 10.5 Å². The molecular weight excluding hydrogens is 400 g/mol. The number of carbonyl (C=O) groups excluding carboxylic acids is 1. The van der Waals surface area contributed by atoms with Gasteiger partial charge in [0.05, 0.1) is 18.2 Å². The molecule has 1 aliphatic rings. The maximum atomic E-state index is 12.1. The number of aryl methyl sites for hydroxylation is 1. The van der Waals surface area contributed by atoms with Gasteiger partial charge in [0, 0.05) is 53.7 Å². The zero-order valence-corrected chi connectivity index (χ0v) is 18.5. The molecule has 1 atom stereocenters. The number of carbonyl (C=O) groups is 1. The lowest BCUT2D eigenvalue weighted by Gasteiger charge is -2.16. The second kappa shape index (κ2) is 8.28. The summed E-state index contributed by atoms with van der Waals surface area (Å²) in [5.74, 6) is 0.763. The summed E-state index contributed by atoms with van der Waals surface area (Å²) in [6.45, 7) is 5.88. The number of primary amides is 1. The summed E-state index contributed by atoms with van der Waals surface area (Å²) in [5.41, 5.74) is 10.6. The van der Waals surface area contributed by atoms with Gasteiger partial charge in [0.2, 0.25) is 5.91 Å². The van der Waals surface area contributed by atoms with Crippen molar-refractivity contribution in [2.75, 3.05) is 20.2 Å². The van der Waals surface area contributed by atoms with Crippen molar-refractivity contribution in [1.29, 1.82) is 0 Å². The predicted octanol–water partition coefficient (Wildman–Crippen LogP) is 4.31. The lowest BCUT2D eigenvalue weighted by molar-refractivity contribution is 0.100. The Morgan fingerprint density at radius 3 is 2.81 bits per heavy atom. The van der Waals surface area contributed by atoms with E-state index in [-0.39, 0.29) is 5.92 Å². The minimum Gasteiger partial charge on any atom is -0.497 e. The van der Waals surface area contributed by atoms with Gasteiger partial charge in [-0.05, 0) is 55.8 Å². The van der Waals surface area contributed by atoms with Crippen LogP contribution in [0, 0.1) is 0 Å². The number of pyridine rings is 1. The lowest BCUT2D eigenvalue weighted by Crippen LogP contribution is -2.20. The fourth-order valence-corrected chi connectivity index (χ4v) is 4.93. The van der Waals surface area contributed by atoms with Gasteiger partial charge in [-0.15, -0.1) is 0 Å². The molecule has 1 aliphatic heterocycles. The van der Waals surface area contributed by atoms with Crippen LogP contribution in [0.4, 0.5) is 0 Å². The van der Waals surface area contributed by atoms with Crippen LogP contribution in [0.1, 0.15) is 40.9 Å². The SMILES string of the molecule is CCn1cc(CN2CCC(c3cc(C(N)=O)c4ccccc4n3)C2)c2cc(OC)ccc21. The number of hydrogen-bond donors (Lipinski definition) is 1. The van der Waals surface area contributed by atoms with Gasteiger partial charge in [-0.1, -0.05) is 18.2 Å². The molecule has 2 aromatic carbocycles. The van der Waals surface area contributed by atoms with Crippen LogP contribution in [-0.4, -0.2) is 40.6 Å². The zero-order chi connectivity index (χ0) is 22.2. The molecule has 6 nitrogen and oxygen atoms in total.